The Bertz CT molecular complexity index is 441. The van der Waals surface area contributed by atoms with E-state index in [-0.39, 0.29) is 11.9 Å². The van der Waals surface area contributed by atoms with Gasteiger partial charge in [-0.1, -0.05) is 19.8 Å². The molecule has 20 heavy (non-hydrogen) atoms. The van der Waals surface area contributed by atoms with Crippen LogP contribution in [0.1, 0.15) is 56.7 Å². The van der Waals surface area contributed by atoms with Gasteiger partial charge in [0.05, 0.1) is 0 Å². The van der Waals surface area contributed by atoms with Crippen LogP contribution in [0.4, 0.5) is 4.39 Å². The number of benzene rings is 1. The lowest BCUT2D eigenvalue weighted by Crippen LogP contribution is -2.18. The van der Waals surface area contributed by atoms with Gasteiger partial charge in [0.1, 0.15) is 5.82 Å². The molecule has 1 nitrogen and oxygen atoms in total. The van der Waals surface area contributed by atoms with E-state index in [4.69, 9.17) is 0 Å². The van der Waals surface area contributed by atoms with Crippen molar-refractivity contribution in [3.05, 3.63) is 29.1 Å². The fourth-order valence-electron chi connectivity index (χ4n) is 2.93. The molecule has 0 radical (unpaired) electrons. The topological polar surface area (TPSA) is 12.0 Å². The molecule has 0 amide bonds. The molecule has 0 aromatic heterocycles. The van der Waals surface area contributed by atoms with Gasteiger partial charge in [-0.15, -0.1) is 11.8 Å². The Labute approximate surface area is 126 Å². The van der Waals surface area contributed by atoms with Crippen LogP contribution in [0, 0.1) is 18.7 Å². The third-order valence-electron chi connectivity index (χ3n) is 4.22. The van der Waals surface area contributed by atoms with Crippen LogP contribution in [0.5, 0.6) is 0 Å². The van der Waals surface area contributed by atoms with Gasteiger partial charge in [-0.05, 0) is 62.4 Å². The highest BCUT2D eigenvalue weighted by molar-refractivity contribution is 7.99. The van der Waals surface area contributed by atoms with Gasteiger partial charge in [-0.2, -0.15) is 0 Å². The highest BCUT2D eigenvalue weighted by atomic mass is 32.2. The summed E-state index contributed by atoms with van der Waals surface area (Å²) in [6.07, 6.45) is 5.50. The zero-order valence-corrected chi connectivity index (χ0v) is 13.7. The molecule has 1 aromatic carbocycles. The van der Waals surface area contributed by atoms with E-state index in [0.717, 1.165) is 23.6 Å². The minimum atomic E-state index is -0.0880. The molecule has 2 rings (SSSR count). The van der Waals surface area contributed by atoms with Crippen LogP contribution < -0.4 is 5.32 Å². The van der Waals surface area contributed by atoms with E-state index in [0.29, 0.717) is 0 Å². The van der Waals surface area contributed by atoms with Gasteiger partial charge >= 0.3 is 0 Å². The molecule has 1 aliphatic carbocycles. The van der Waals surface area contributed by atoms with Gasteiger partial charge in [0.2, 0.25) is 0 Å². The molecule has 0 heterocycles. The largest absolute Gasteiger partial charge is 0.310 e. The van der Waals surface area contributed by atoms with E-state index in [9.17, 15) is 4.39 Å². The second-order valence-electron chi connectivity index (χ2n) is 5.88. The van der Waals surface area contributed by atoms with Gasteiger partial charge in [-0.25, -0.2) is 4.39 Å². The predicted molar refractivity (Wildman–Crippen MR) is 85.9 cm³/mol. The van der Waals surface area contributed by atoms with Crippen LogP contribution >= 0.6 is 11.8 Å². The maximum absolute atomic E-state index is 13.9. The van der Waals surface area contributed by atoms with Crippen LogP contribution in [0.2, 0.25) is 0 Å². The van der Waals surface area contributed by atoms with Crippen molar-refractivity contribution in [2.24, 2.45) is 5.92 Å². The zero-order valence-electron chi connectivity index (χ0n) is 12.8. The predicted octanol–water partition coefficient (Wildman–Crippen LogP) is 5.09. The Balaban J connectivity index is 2.13. The van der Waals surface area contributed by atoms with Crippen molar-refractivity contribution in [3.63, 3.8) is 0 Å². The normalized spacial score (nSPS) is 17.6. The Kier molecular flexibility index (Phi) is 5.91. The minimum absolute atomic E-state index is 0.0880. The first-order valence-corrected chi connectivity index (χ1v) is 8.76. The molecule has 1 N–H and O–H groups in total. The van der Waals surface area contributed by atoms with Crippen molar-refractivity contribution in [2.75, 3.05) is 12.3 Å². The molecule has 1 aromatic rings. The van der Waals surface area contributed by atoms with Crippen molar-refractivity contribution >= 4 is 11.8 Å². The van der Waals surface area contributed by atoms with Gasteiger partial charge in [0, 0.05) is 16.7 Å². The van der Waals surface area contributed by atoms with E-state index in [2.05, 4.69) is 19.2 Å². The summed E-state index contributed by atoms with van der Waals surface area (Å²) < 4.78 is 13.9. The summed E-state index contributed by atoms with van der Waals surface area (Å²) in [5.41, 5.74) is 1.87. The summed E-state index contributed by atoms with van der Waals surface area (Å²) in [4.78, 5) is 1.25. The number of hydrogen-bond donors (Lipinski definition) is 1. The Morgan fingerprint density at radius 3 is 2.70 bits per heavy atom. The van der Waals surface area contributed by atoms with E-state index in [1.807, 2.05) is 24.8 Å². The maximum Gasteiger partial charge on any atom is 0.126 e. The van der Waals surface area contributed by atoms with Crippen molar-refractivity contribution in [1.82, 2.24) is 5.32 Å². The molecule has 3 heteroatoms. The van der Waals surface area contributed by atoms with E-state index < -0.39 is 0 Å². The van der Waals surface area contributed by atoms with Crippen molar-refractivity contribution < 1.29 is 4.39 Å². The molecule has 1 saturated carbocycles. The number of nitrogens with one attached hydrogen (secondary N) is 1. The smallest absolute Gasteiger partial charge is 0.126 e. The first-order chi connectivity index (χ1) is 9.61. The second-order valence-corrected chi connectivity index (χ2v) is 6.94. The molecule has 0 bridgehead atoms. The summed E-state index contributed by atoms with van der Waals surface area (Å²) in [7, 11) is 0. The number of rotatable bonds is 6. The van der Waals surface area contributed by atoms with Crippen LogP contribution in [-0.2, 0) is 0 Å². The number of aryl methyl sites for hydroxylation is 1. The SMILES string of the molecule is CCNC(C)c1cc(F)c(C)cc1SCC1CCCC1. The Morgan fingerprint density at radius 2 is 2.05 bits per heavy atom. The Hall–Kier alpha value is -0.540. The highest BCUT2D eigenvalue weighted by Gasteiger charge is 2.18. The summed E-state index contributed by atoms with van der Waals surface area (Å²) in [5, 5.41) is 3.40. The molecule has 1 unspecified atom stereocenters. The van der Waals surface area contributed by atoms with Crippen LogP contribution in [0.15, 0.2) is 17.0 Å². The maximum atomic E-state index is 13.9. The van der Waals surface area contributed by atoms with Gasteiger partial charge in [-0.3, -0.25) is 0 Å². The van der Waals surface area contributed by atoms with Gasteiger partial charge in [0.15, 0.2) is 0 Å². The first-order valence-electron chi connectivity index (χ1n) is 7.78. The highest BCUT2D eigenvalue weighted by Crippen LogP contribution is 2.35. The Morgan fingerprint density at radius 1 is 1.35 bits per heavy atom. The van der Waals surface area contributed by atoms with E-state index in [1.54, 1.807) is 6.07 Å². The van der Waals surface area contributed by atoms with E-state index in [1.165, 1.54) is 36.3 Å². The molecule has 0 aliphatic heterocycles. The van der Waals surface area contributed by atoms with Gasteiger partial charge in [0.25, 0.3) is 0 Å². The molecule has 0 saturated heterocycles. The van der Waals surface area contributed by atoms with Crippen LogP contribution in [-0.4, -0.2) is 12.3 Å². The molecule has 1 atom stereocenters. The van der Waals surface area contributed by atoms with Crippen molar-refractivity contribution in [1.29, 1.82) is 0 Å². The second kappa shape index (κ2) is 7.46. The summed E-state index contributed by atoms with van der Waals surface area (Å²) in [6.45, 7) is 6.97. The molecule has 1 fully saturated rings. The number of thioether (sulfide) groups is 1. The fourth-order valence-corrected chi connectivity index (χ4v) is 4.35. The third-order valence-corrected chi connectivity index (χ3v) is 5.52. The lowest BCUT2D eigenvalue weighted by atomic mass is 10.1. The van der Waals surface area contributed by atoms with E-state index >= 15 is 0 Å². The lowest BCUT2D eigenvalue weighted by Gasteiger charge is -2.19. The van der Waals surface area contributed by atoms with Crippen molar-refractivity contribution in [3.8, 4) is 0 Å². The summed E-state index contributed by atoms with van der Waals surface area (Å²) in [6, 6.07) is 3.96. The summed E-state index contributed by atoms with van der Waals surface area (Å²) >= 11 is 1.91. The molecule has 0 spiro atoms. The number of halogens is 1. The quantitative estimate of drug-likeness (QED) is 0.734. The van der Waals surface area contributed by atoms with Crippen molar-refractivity contribution in [2.45, 2.75) is 57.4 Å². The molecule has 1 aliphatic rings. The fraction of sp³-hybridized carbons (Fsp3) is 0.647. The third kappa shape index (κ3) is 3.98. The number of hydrogen-bond acceptors (Lipinski definition) is 2. The molecular weight excluding hydrogens is 269 g/mol. The van der Waals surface area contributed by atoms with Crippen LogP contribution in [0.25, 0.3) is 0 Å². The average Bonchev–Trinajstić information content (AvgIpc) is 2.93. The molecule has 112 valence electrons. The average molecular weight is 295 g/mol. The zero-order chi connectivity index (χ0) is 14.5. The molecular formula is C17H26FNS. The van der Waals surface area contributed by atoms with Gasteiger partial charge < -0.3 is 5.32 Å². The first kappa shape index (κ1) is 15.8. The van der Waals surface area contributed by atoms with Crippen LogP contribution in [0.3, 0.4) is 0 Å². The minimum Gasteiger partial charge on any atom is -0.310 e. The monoisotopic (exact) mass is 295 g/mol. The summed E-state index contributed by atoms with van der Waals surface area (Å²) in [5.74, 6) is 1.94. The standard InChI is InChI=1S/C17H26FNS/c1-4-19-13(3)15-10-16(18)12(2)9-17(15)20-11-14-7-5-6-8-14/h9-10,13-14,19H,4-8,11H2,1-3H3. The lowest BCUT2D eigenvalue weighted by molar-refractivity contribution is 0.570.